The number of carbonyl (C=O) groups is 1. The number of hydrogen-bond donors (Lipinski definition) is 0. The molecule has 0 unspecified atom stereocenters. The number of Topliss-reactive ketones (excluding diaryl/α,β-unsaturated/α-hetero) is 1. The number of ketones is 1. The van der Waals surface area contributed by atoms with Crippen LogP contribution in [0.2, 0.25) is 0 Å². The minimum absolute atomic E-state index is 0.259. The van der Waals surface area contributed by atoms with Crippen LogP contribution in [0.25, 0.3) is 0 Å². The molecule has 1 aromatic rings. The lowest BCUT2D eigenvalue weighted by Crippen LogP contribution is -2.21. The molecule has 92 valence electrons. The number of hydrogen-bond acceptors (Lipinski definition) is 3. The molecule has 1 aromatic heterocycles. The van der Waals surface area contributed by atoms with Gasteiger partial charge in [-0.2, -0.15) is 0 Å². The maximum atomic E-state index is 11.1. The third-order valence-corrected chi connectivity index (χ3v) is 3.64. The van der Waals surface area contributed by atoms with Crippen molar-refractivity contribution in [3.05, 3.63) is 18.2 Å². The molecule has 0 saturated heterocycles. The van der Waals surface area contributed by atoms with Gasteiger partial charge in [-0.1, -0.05) is 0 Å². The van der Waals surface area contributed by atoms with Crippen molar-refractivity contribution in [2.45, 2.75) is 57.3 Å². The van der Waals surface area contributed by atoms with Crippen LogP contribution < -0.4 is 0 Å². The van der Waals surface area contributed by atoms with E-state index in [9.17, 15) is 4.79 Å². The molecule has 0 N–H and O–H groups in total. The largest absolute Gasteiger partial charge is 0.372 e. The van der Waals surface area contributed by atoms with E-state index < -0.39 is 0 Å². The zero-order valence-electron chi connectivity index (χ0n) is 9.97. The van der Waals surface area contributed by atoms with Crippen LogP contribution >= 0.6 is 0 Å². The first-order valence-corrected chi connectivity index (χ1v) is 6.47. The van der Waals surface area contributed by atoms with Gasteiger partial charge in [0.25, 0.3) is 0 Å². The molecule has 0 aromatic carbocycles. The zero-order valence-corrected chi connectivity index (χ0v) is 9.97. The standard InChI is InChI=1S/C13H18N2O2/c16-12-3-5-13(6-4-12)17-8-11-7-14-9-15(11)10-1-2-10/h7,9-10,13H,1-6,8H2. The highest BCUT2D eigenvalue weighted by Crippen LogP contribution is 2.35. The molecule has 2 fully saturated rings. The molecule has 0 aliphatic heterocycles. The maximum Gasteiger partial charge on any atom is 0.133 e. The van der Waals surface area contributed by atoms with Crippen molar-refractivity contribution < 1.29 is 9.53 Å². The van der Waals surface area contributed by atoms with Gasteiger partial charge in [0.05, 0.1) is 30.9 Å². The molecule has 0 spiro atoms. The summed E-state index contributed by atoms with van der Waals surface area (Å²) >= 11 is 0. The number of imidazole rings is 1. The fourth-order valence-corrected chi connectivity index (χ4v) is 2.41. The molecule has 4 heteroatoms. The summed E-state index contributed by atoms with van der Waals surface area (Å²) in [6.45, 7) is 0.634. The molecule has 2 saturated carbocycles. The third-order valence-electron chi connectivity index (χ3n) is 3.64. The van der Waals surface area contributed by atoms with Gasteiger partial charge in [-0.3, -0.25) is 4.79 Å². The molecule has 3 rings (SSSR count). The summed E-state index contributed by atoms with van der Waals surface area (Å²) in [6, 6.07) is 0.657. The Balaban J connectivity index is 1.53. The molecule has 17 heavy (non-hydrogen) atoms. The van der Waals surface area contributed by atoms with E-state index in [0.717, 1.165) is 12.8 Å². The van der Waals surface area contributed by atoms with Gasteiger partial charge >= 0.3 is 0 Å². The number of carbonyl (C=O) groups excluding carboxylic acids is 1. The van der Waals surface area contributed by atoms with Crippen LogP contribution in [-0.4, -0.2) is 21.4 Å². The van der Waals surface area contributed by atoms with Crippen LogP contribution in [0.15, 0.2) is 12.5 Å². The Morgan fingerprint density at radius 2 is 2.06 bits per heavy atom. The molecule has 4 nitrogen and oxygen atoms in total. The van der Waals surface area contributed by atoms with Gasteiger partial charge in [0.2, 0.25) is 0 Å². The van der Waals surface area contributed by atoms with Crippen molar-refractivity contribution in [1.82, 2.24) is 9.55 Å². The van der Waals surface area contributed by atoms with Crippen LogP contribution in [0.4, 0.5) is 0 Å². The first-order valence-electron chi connectivity index (χ1n) is 6.47. The highest BCUT2D eigenvalue weighted by molar-refractivity contribution is 5.79. The summed E-state index contributed by atoms with van der Waals surface area (Å²) in [6.07, 6.45) is 9.73. The number of nitrogens with zero attached hydrogens (tertiary/aromatic N) is 2. The van der Waals surface area contributed by atoms with Gasteiger partial charge < -0.3 is 9.30 Å². The summed E-state index contributed by atoms with van der Waals surface area (Å²) in [5, 5.41) is 0. The minimum atomic E-state index is 0.259. The van der Waals surface area contributed by atoms with E-state index in [1.54, 1.807) is 0 Å². The molecular formula is C13H18N2O2. The van der Waals surface area contributed by atoms with E-state index in [2.05, 4.69) is 9.55 Å². The molecule has 1 heterocycles. The summed E-state index contributed by atoms with van der Waals surface area (Å²) in [5.41, 5.74) is 1.17. The van der Waals surface area contributed by atoms with Crippen LogP contribution in [0.3, 0.4) is 0 Å². The van der Waals surface area contributed by atoms with E-state index >= 15 is 0 Å². The monoisotopic (exact) mass is 234 g/mol. The van der Waals surface area contributed by atoms with E-state index in [4.69, 9.17) is 4.74 Å². The van der Waals surface area contributed by atoms with Gasteiger partial charge in [0, 0.05) is 18.9 Å². The normalized spacial score (nSPS) is 22.0. The first kappa shape index (κ1) is 11.0. The fourth-order valence-electron chi connectivity index (χ4n) is 2.41. The van der Waals surface area contributed by atoms with Gasteiger partial charge in [-0.25, -0.2) is 4.98 Å². The minimum Gasteiger partial charge on any atom is -0.372 e. The molecule has 0 radical (unpaired) electrons. The summed E-state index contributed by atoms with van der Waals surface area (Å²) < 4.78 is 8.11. The van der Waals surface area contributed by atoms with E-state index in [1.807, 2.05) is 12.5 Å². The van der Waals surface area contributed by atoms with Crippen molar-refractivity contribution in [3.8, 4) is 0 Å². The topological polar surface area (TPSA) is 44.1 Å². The lowest BCUT2D eigenvalue weighted by atomic mass is 9.96. The number of ether oxygens (including phenoxy) is 1. The van der Waals surface area contributed by atoms with Gasteiger partial charge in [0.1, 0.15) is 5.78 Å². The number of aromatic nitrogens is 2. The molecule has 0 amide bonds. The predicted molar refractivity (Wildman–Crippen MR) is 62.6 cm³/mol. The van der Waals surface area contributed by atoms with Gasteiger partial charge in [0.15, 0.2) is 0 Å². The summed E-state index contributed by atoms with van der Waals surface area (Å²) in [5.74, 6) is 0.382. The number of rotatable bonds is 4. The molecule has 2 aliphatic rings. The third kappa shape index (κ3) is 2.57. The average molecular weight is 234 g/mol. The Morgan fingerprint density at radius 3 is 2.76 bits per heavy atom. The van der Waals surface area contributed by atoms with Crippen molar-refractivity contribution in [2.75, 3.05) is 0 Å². The summed E-state index contributed by atoms with van der Waals surface area (Å²) in [4.78, 5) is 15.3. The second-order valence-electron chi connectivity index (χ2n) is 5.07. The highest BCUT2D eigenvalue weighted by atomic mass is 16.5. The van der Waals surface area contributed by atoms with E-state index in [-0.39, 0.29) is 6.10 Å². The SMILES string of the molecule is O=C1CCC(OCc2cncn2C2CC2)CC1. The quantitative estimate of drug-likeness (QED) is 0.802. The fraction of sp³-hybridized carbons (Fsp3) is 0.692. The Morgan fingerprint density at radius 1 is 1.29 bits per heavy atom. The smallest absolute Gasteiger partial charge is 0.133 e. The van der Waals surface area contributed by atoms with E-state index in [1.165, 1.54) is 18.5 Å². The van der Waals surface area contributed by atoms with Crippen molar-refractivity contribution in [2.24, 2.45) is 0 Å². The first-order chi connectivity index (χ1) is 8.33. The van der Waals surface area contributed by atoms with Crippen LogP contribution in [0.1, 0.15) is 50.3 Å². The summed E-state index contributed by atoms with van der Waals surface area (Å²) in [7, 11) is 0. The maximum absolute atomic E-state index is 11.1. The van der Waals surface area contributed by atoms with Crippen molar-refractivity contribution in [1.29, 1.82) is 0 Å². The lowest BCUT2D eigenvalue weighted by molar-refractivity contribution is -0.123. The second-order valence-corrected chi connectivity index (χ2v) is 5.07. The average Bonchev–Trinajstić information content (AvgIpc) is 3.08. The second kappa shape index (κ2) is 4.61. The highest BCUT2D eigenvalue weighted by Gasteiger charge is 2.26. The predicted octanol–water partition coefficient (Wildman–Crippen LogP) is 2.25. The molecular weight excluding hydrogens is 216 g/mol. The van der Waals surface area contributed by atoms with Crippen molar-refractivity contribution >= 4 is 5.78 Å². The molecule has 0 bridgehead atoms. The zero-order chi connectivity index (χ0) is 11.7. The molecule has 2 aliphatic carbocycles. The Labute approximate surface area is 101 Å². The van der Waals surface area contributed by atoms with Crippen molar-refractivity contribution in [3.63, 3.8) is 0 Å². The lowest BCUT2D eigenvalue weighted by Gasteiger charge is -2.21. The molecule has 0 atom stereocenters. The Hall–Kier alpha value is -1.16. The van der Waals surface area contributed by atoms with E-state index in [0.29, 0.717) is 31.3 Å². The Bertz CT molecular complexity index is 399. The van der Waals surface area contributed by atoms with Crippen LogP contribution in [0, 0.1) is 0 Å². The Kier molecular flexibility index (Phi) is 2.97. The van der Waals surface area contributed by atoms with Gasteiger partial charge in [-0.15, -0.1) is 0 Å². The van der Waals surface area contributed by atoms with Crippen LogP contribution in [-0.2, 0) is 16.1 Å². The van der Waals surface area contributed by atoms with Crippen LogP contribution in [0.5, 0.6) is 0 Å². The van der Waals surface area contributed by atoms with Gasteiger partial charge in [-0.05, 0) is 25.7 Å².